The zero-order valence-electron chi connectivity index (χ0n) is 10.8. The summed E-state index contributed by atoms with van der Waals surface area (Å²) < 4.78 is 2.79. The SMILES string of the molecule is C[C@H](NCCn1ccccc1=O)c1cccc(Br)c1. The van der Waals surface area contributed by atoms with Gasteiger partial charge in [0, 0.05) is 35.9 Å². The Bertz CT molecular complexity index is 594. The quantitative estimate of drug-likeness (QED) is 0.919. The molecule has 1 atom stereocenters. The highest BCUT2D eigenvalue weighted by molar-refractivity contribution is 9.10. The molecule has 19 heavy (non-hydrogen) atoms. The van der Waals surface area contributed by atoms with Crippen molar-refractivity contribution in [1.29, 1.82) is 0 Å². The Labute approximate surface area is 121 Å². The van der Waals surface area contributed by atoms with Crippen molar-refractivity contribution in [2.24, 2.45) is 0 Å². The van der Waals surface area contributed by atoms with E-state index < -0.39 is 0 Å². The fourth-order valence-electron chi connectivity index (χ4n) is 1.94. The lowest BCUT2D eigenvalue weighted by atomic mass is 10.1. The van der Waals surface area contributed by atoms with Gasteiger partial charge in [-0.05, 0) is 30.7 Å². The summed E-state index contributed by atoms with van der Waals surface area (Å²) in [5.74, 6) is 0. The van der Waals surface area contributed by atoms with Crippen molar-refractivity contribution in [2.75, 3.05) is 6.54 Å². The van der Waals surface area contributed by atoms with Gasteiger partial charge in [0.25, 0.3) is 5.56 Å². The smallest absolute Gasteiger partial charge is 0.250 e. The highest BCUT2D eigenvalue weighted by Crippen LogP contribution is 2.17. The van der Waals surface area contributed by atoms with Crippen LogP contribution in [-0.4, -0.2) is 11.1 Å². The number of pyridine rings is 1. The molecule has 0 fully saturated rings. The molecule has 0 radical (unpaired) electrons. The molecule has 0 unspecified atom stereocenters. The lowest BCUT2D eigenvalue weighted by Crippen LogP contribution is -2.27. The van der Waals surface area contributed by atoms with Crippen LogP contribution < -0.4 is 10.9 Å². The molecule has 0 saturated heterocycles. The summed E-state index contributed by atoms with van der Waals surface area (Å²) in [5.41, 5.74) is 1.27. The second-order valence-corrected chi connectivity index (χ2v) is 5.38. The summed E-state index contributed by atoms with van der Waals surface area (Å²) in [4.78, 5) is 11.5. The van der Waals surface area contributed by atoms with Crippen LogP contribution in [0.2, 0.25) is 0 Å². The molecule has 0 amide bonds. The van der Waals surface area contributed by atoms with Crippen LogP contribution in [0, 0.1) is 0 Å². The summed E-state index contributed by atoms with van der Waals surface area (Å²) in [6, 6.07) is 13.7. The lowest BCUT2D eigenvalue weighted by molar-refractivity contribution is 0.524. The van der Waals surface area contributed by atoms with Gasteiger partial charge in [0.2, 0.25) is 0 Å². The van der Waals surface area contributed by atoms with Gasteiger partial charge in [-0.1, -0.05) is 34.1 Å². The Hall–Kier alpha value is -1.39. The predicted octanol–water partition coefficient (Wildman–Crippen LogP) is 2.96. The molecule has 0 bridgehead atoms. The fraction of sp³-hybridized carbons (Fsp3) is 0.267. The Morgan fingerprint density at radius 3 is 2.84 bits per heavy atom. The van der Waals surface area contributed by atoms with Crippen LogP contribution in [0.25, 0.3) is 0 Å². The Balaban J connectivity index is 1.89. The van der Waals surface area contributed by atoms with Gasteiger partial charge in [-0.3, -0.25) is 4.79 Å². The maximum atomic E-state index is 11.5. The Morgan fingerprint density at radius 1 is 1.26 bits per heavy atom. The monoisotopic (exact) mass is 320 g/mol. The number of nitrogens with zero attached hydrogens (tertiary/aromatic N) is 1. The van der Waals surface area contributed by atoms with Gasteiger partial charge in [-0.25, -0.2) is 0 Å². The number of halogens is 1. The molecule has 0 aliphatic heterocycles. The van der Waals surface area contributed by atoms with Gasteiger partial charge in [-0.2, -0.15) is 0 Å². The van der Waals surface area contributed by atoms with Crippen molar-refractivity contribution in [2.45, 2.75) is 19.5 Å². The number of hydrogen-bond donors (Lipinski definition) is 1. The second-order valence-electron chi connectivity index (χ2n) is 4.46. The maximum absolute atomic E-state index is 11.5. The van der Waals surface area contributed by atoms with E-state index in [9.17, 15) is 4.79 Å². The molecule has 1 aromatic carbocycles. The zero-order chi connectivity index (χ0) is 13.7. The van der Waals surface area contributed by atoms with E-state index in [1.807, 2.05) is 24.4 Å². The minimum Gasteiger partial charge on any atom is -0.314 e. The standard InChI is InChI=1S/C15H17BrN2O/c1-12(13-5-4-6-14(16)11-13)17-8-10-18-9-3-2-7-15(18)19/h2-7,9,11-12,17H,8,10H2,1H3/t12-/m0/s1. The molecule has 4 heteroatoms. The molecule has 1 N–H and O–H groups in total. The van der Waals surface area contributed by atoms with E-state index in [0.29, 0.717) is 6.54 Å². The fourth-order valence-corrected chi connectivity index (χ4v) is 2.36. The molecular formula is C15H17BrN2O. The van der Waals surface area contributed by atoms with Crippen LogP contribution in [0.1, 0.15) is 18.5 Å². The normalized spacial score (nSPS) is 12.3. The third-order valence-electron chi connectivity index (χ3n) is 3.05. The minimum absolute atomic E-state index is 0.0411. The first kappa shape index (κ1) is 14.0. The average molecular weight is 321 g/mol. The molecule has 0 spiro atoms. The minimum atomic E-state index is 0.0411. The molecular weight excluding hydrogens is 304 g/mol. The van der Waals surface area contributed by atoms with Crippen molar-refractivity contribution in [3.8, 4) is 0 Å². The van der Waals surface area contributed by atoms with E-state index in [1.54, 1.807) is 16.7 Å². The first-order chi connectivity index (χ1) is 9.16. The molecule has 0 saturated carbocycles. The number of aromatic nitrogens is 1. The molecule has 0 aliphatic rings. The van der Waals surface area contributed by atoms with Gasteiger partial charge in [0.1, 0.15) is 0 Å². The van der Waals surface area contributed by atoms with Crippen LogP contribution in [-0.2, 0) is 6.54 Å². The molecule has 0 aliphatic carbocycles. The van der Waals surface area contributed by atoms with E-state index in [2.05, 4.69) is 40.3 Å². The predicted molar refractivity (Wildman–Crippen MR) is 81.3 cm³/mol. The number of hydrogen-bond acceptors (Lipinski definition) is 2. The van der Waals surface area contributed by atoms with Gasteiger partial charge in [0.05, 0.1) is 0 Å². The number of benzene rings is 1. The number of nitrogens with one attached hydrogen (secondary N) is 1. The van der Waals surface area contributed by atoms with E-state index in [0.717, 1.165) is 11.0 Å². The lowest BCUT2D eigenvalue weighted by Gasteiger charge is -2.15. The molecule has 1 aromatic heterocycles. The van der Waals surface area contributed by atoms with Crippen LogP contribution in [0.15, 0.2) is 57.9 Å². The summed E-state index contributed by atoms with van der Waals surface area (Å²) >= 11 is 3.47. The molecule has 1 heterocycles. The van der Waals surface area contributed by atoms with Crippen LogP contribution in [0.3, 0.4) is 0 Å². The summed E-state index contributed by atoms with van der Waals surface area (Å²) in [6.07, 6.45) is 1.81. The van der Waals surface area contributed by atoms with Gasteiger partial charge < -0.3 is 9.88 Å². The van der Waals surface area contributed by atoms with Crippen molar-refractivity contribution in [1.82, 2.24) is 9.88 Å². The average Bonchev–Trinajstić information content (AvgIpc) is 2.41. The third kappa shape index (κ3) is 4.04. The van der Waals surface area contributed by atoms with Gasteiger partial charge >= 0.3 is 0 Å². The van der Waals surface area contributed by atoms with Crippen LogP contribution in [0.5, 0.6) is 0 Å². The van der Waals surface area contributed by atoms with Crippen molar-refractivity contribution in [3.63, 3.8) is 0 Å². The molecule has 2 rings (SSSR count). The molecule has 100 valence electrons. The first-order valence-electron chi connectivity index (χ1n) is 6.31. The van der Waals surface area contributed by atoms with Crippen molar-refractivity contribution >= 4 is 15.9 Å². The highest BCUT2D eigenvalue weighted by atomic mass is 79.9. The van der Waals surface area contributed by atoms with Crippen molar-refractivity contribution in [3.05, 3.63) is 69.1 Å². The van der Waals surface area contributed by atoms with Gasteiger partial charge in [-0.15, -0.1) is 0 Å². The van der Waals surface area contributed by atoms with Crippen LogP contribution >= 0.6 is 15.9 Å². The third-order valence-corrected chi connectivity index (χ3v) is 3.54. The zero-order valence-corrected chi connectivity index (χ0v) is 12.4. The maximum Gasteiger partial charge on any atom is 0.250 e. The topological polar surface area (TPSA) is 34.0 Å². The Kier molecular flexibility index (Phi) is 4.93. The van der Waals surface area contributed by atoms with E-state index in [1.165, 1.54) is 5.56 Å². The van der Waals surface area contributed by atoms with E-state index in [4.69, 9.17) is 0 Å². The van der Waals surface area contributed by atoms with Crippen LogP contribution in [0.4, 0.5) is 0 Å². The summed E-state index contributed by atoms with van der Waals surface area (Å²) in [5, 5.41) is 3.42. The number of rotatable bonds is 5. The highest BCUT2D eigenvalue weighted by Gasteiger charge is 2.04. The van der Waals surface area contributed by atoms with Crippen molar-refractivity contribution < 1.29 is 0 Å². The van der Waals surface area contributed by atoms with E-state index in [-0.39, 0.29) is 11.6 Å². The van der Waals surface area contributed by atoms with Gasteiger partial charge in [0.15, 0.2) is 0 Å². The first-order valence-corrected chi connectivity index (χ1v) is 7.10. The summed E-state index contributed by atoms with van der Waals surface area (Å²) in [7, 11) is 0. The molecule has 2 aromatic rings. The molecule has 3 nitrogen and oxygen atoms in total. The summed E-state index contributed by atoms with van der Waals surface area (Å²) in [6.45, 7) is 3.56. The Morgan fingerprint density at radius 2 is 2.11 bits per heavy atom. The second kappa shape index (κ2) is 6.68. The van der Waals surface area contributed by atoms with E-state index >= 15 is 0 Å². The largest absolute Gasteiger partial charge is 0.314 e.